The Labute approximate surface area is 141 Å². The molecule has 3 rings (SSSR count). The fourth-order valence-electron chi connectivity index (χ4n) is 2.65. The van der Waals surface area contributed by atoms with Crippen molar-refractivity contribution in [2.75, 3.05) is 26.3 Å². The third-order valence-corrected chi connectivity index (χ3v) is 4.42. The maximum Gasteiger partial charge on any atom is 0.0685 e. The van der Waals surface area contributed by atoms with Crippen LogP contribution in [0.5, 0.6) is 0 Å². The molecule has 1 aliphatic rings. The van der Waals surface area contributed by atoms with Gasteiger partial charge in [0.1, 0.15) is 0 Å². The van der Waals surface area contributed by atoms with Gasteiger partial charge in [-0.2, -0.15) is 10.2 Å². The predicted octanol–water partition coefficient (Wildman–Crippen LogP) is 2.87. The van der Waals surface area contributed by atoms with Crippen molar-refractivity contribution in [3.05, 3.63) is 51.8 Å². The number of ether oxygens (including phenoxy) is 1. The summed E-state index contributed by atoms with van der Waals surface area (Å²) in [7, 11) is 0. The van der Waals surface area contributed by atoms with Crippen molar-refractivity contribution in [2.24, 2.45) is 5.10 Å². The number of benzene rings is 1. The van der Waals surface area contributed by atoms with Gasteiger partial charge in [0.15, 0.2) is 0 Å². The third-order valence-electron chi connectivity index (χ3n) is 4.05. The summed E-state index contributed by atoms with van der Waals surface area (Å²) in [6.45, 7) is 7.89. The number of halogens is 1. The Kier molecular flexibility index (Phi) is 4.98. The summed E-state index contributed by atoms with van der Waals surface area (Å²) in [5, 5.41) is 12.0. The molecule has 0 bridgehead atoms. The molecule has 2 aromatic rings. The van der Waals surface area contributed by atoms with E-state index in [0.717, 1.165) is 53.8 Å². The van der Waals surface area contributed by atoms with E-state index in [2.05, 4.69) is 17.1 Å². The van der Waals surface area contributed by atoms with Crippen LogP contribution in [0.3, 0.4) is 0 Å². The molecule has 5 nitrogen and oxygen atoms in total. The van der Waals surface area contributed by atoms with Crippen molar-refractivity contribution in [1.82, 2.24) is 14.8 Å². The highest BCUT2D eigenvalue weighted by atomic mass is 35.5. The van der Waals surface area contributed by atoms with E-state index in [0.29, 0.717) is 6.54 Å². The molecule has 0 saturated carbocycles. The van der Waals surface area contributed by atoms with Crippen LogP contribution in [0.15, 0.2) is 29.4 Å². The topological polar surface area (TPSA) is 42.7 Å². The number of aryl methyl sites for hydroxylation is 1. The first-order valence-electron chi connectivity index (χ1n) is 7.79. The van der Waals surface area contributed by atoms with Gasteiger partial charge < -0.3 is 4.74 Å². The second-order valence-electron chi connectivity index (χ2n) is 5.64. The minimum Gasteiger partial charge on any atom is -0.378 e. The molecule has 0 aliphatic carbocycles. The molecule has 0 N–H and O–H groups in total. The minimum atomic E-state index is 0.664. The van der Waals surface area contributed by atoms with Crippen LogP contribution in [0, 0.1) is 13.8 Å². The van der Waals surface area contributed by atoms with Gasteiger partial charge in [0.25, 0.3) is 0 Å². The van der Waals surface area contributed by atoms with Gasteiger partial charge in [0.05, 0.1) is 44.8 Å². The largest absolute Gasteiger partial charge is 0.378 e. The zero-order valence-corrected chi connectivity index (χ0v) is 14.3. The molecular formula is C17H21ClN4O. The van der Waals surface area contributed by atoms with Crippen LogP contribution in [-0.4, -0.2) is 47.3 Å². The van der Waals surface area contributed by atoms with Gasteiger partial charge in [0.2, 0.25) is 0 Å². The molecule has 122 valence electrons. The molecular weight excluding hydrogens is 312 g/mol. The van der Waals surface area contributed by atoms with E-state index in [1.54, 1.807) is 0 Å². The van der Waals surface area contributed by atoms with Gasteiger partial charge in [-0.25, -0.2) is 0 Å². The zero-order valence-electron chi connectivity index (χ0n) is 13.5. The van der Waals surface area contributed by atoms with Crippen LogP contribution >= 0.6 is 11.6 Å². The smallest absolute Gasteiger partial charge is 0.0685 e. The monoisotopic (exact) mass is 332 g/mol. The second kappa shape index (κ2) is 7.15. The first kappa shape index (κ1) is 16.0. The lowest BCUT2D eigenvalue weighted by atomic mass is 10.2. The molecule has 1 saturated heterocycles. The molecule has 2 heterocycles. The molecule has 6 heteroatoms. The molecule has 0 spiro atoms. The van der Waals surface area contributed by atoms with Crippen molar-refractivity contribution in [3.8, 4) is 0 Å². The zero-order chi connectivity index (χ0) is 16.2. The molecule has 0 radical (unpaired) electrons. The summed E-state index contributed by atoms with van der Waals surface area (Å²) in [6.07, 6.45) is 1.91. The molecule has 1 aliphatic heterocycles. The molecule has 0 amide bonds. The van der Waals surface area contributed by atoms with Crippen LogP contribution < -0.4 is 0 Å². The maximum atomic E-state index is 6.25. The van der Waals surface area contributed by atoms with Crippen molar-refractivity contribution < 1.29 is 4.74 Å². The lowest BCUT2D eigenvalue weighted by Gasteiger charge is -2.23. The summed E-state index contributed by atoms with van der Waals surface area (Å²) in [5.74, 6) is 0. The van der Waals surface area contributed by atoms with E-state index in [9.17, 15) is 0 Å². The van der Waals surface area contributed by atoms with E-state index in [1.165, 1.54) is 0 Å². The number of hydrogen-bond acceptors (Lipinski definition) is 4. The van der Waals surface area contributed by atoms with E-state index in [1.807, 2.05) is 47.1 Å². The Morgan fingerprint density at radius 1 is 1.26 bits per heavy atom. The van der Waals surface area contributed by atoms with E-state index in [-0.39, 0.29) is 0 Å². The van der Waals surface area contributed by atoms with Gasteiger partial charge in [0, 0.05) is 16.3 Å². The second-order valence-corrected chi connectivity index (χ2v) is 6.05. The number of rotatable bonds is 4. The van der Waals surface area contributed by atoms with Crippen molar-refractivity contribution >= 4 is 17.8 Å². The summed E-state index contributed by atoms with van der Waals surface area (Å²) < 4.78 is 7.32. The van der Waals surface area contributed by atoms with Crippen LogP contribution in [0.1, 0.15) is 22.5 Å². The number of hydrogen-bond donors (Lipinski definition) is 0. The van der Waals surface area contributed by atoms with Gasteiger partial charge in [-0.05, 0) is 25.5 Å². The van der Waals surface area contributed by atoms with Gasteiger partial charge >= 0.3 is 0 Å². The highest BCUT2D eigenvalue weighted by Gasteiger charge is 2.12. The van der Waals surface area contributed by atoms with E-state index >= 15 is 0 Å². The Bertz CT molecular complexity index is 705. The van der Waals surface area contributed by atoms with Crippen LogP contribution in [0.4, 0.5) is 0 Å². The number of aromatic nitrogens is 2. The normalized spacial score (nSPS) is 15.5. The standard InChI is InChI=1S/C17H21ClN4O/c1-13-16(11-19-21-7-9-23-10-8-21)14(2)22(20-13)12-15-5-3-4-6-17(15)18/h3-6,11H,7-10,12H2,1-2H3. The molecule has 0 unspecified atom stereocenters. The summed E-state index contributed by atoms with van der Waals surface area (Å²) in [5.41, 5.74) is 4.21. The molecule has 23 heavy (non-hydrogen) atoms. The molecule has 0 atom stereocenters. The Morgan fingerprint density at radius 3 is 2.74 bits per heavy atom. The molecule has 1 aromatic carbocycles. The van der Waals surface area contributed by atoms with Gasteiger partial charge in [-0.15, -0.1) is 0 Å². The first-order valence-corrected chi connectivity index (χ1v) is 8.17. The van der Waals surface area contributed by atoms with Crippen molar-refractivity contribution in [3.63, 3.8) is 0 Å². The Balaban J connectivity index is 1.79. The first-order chi connectivity index (χ1) is 11.1. The SMILES string of the molecule is Cc1nn(Cc2ccccc2Cl)c(C)c1C=NN1CCOCC1. The average molecular weight is 333 g/mol. The van der Waals surface area contributed by atoms with Crippen LogP contribution in [0.2, 0.25) is 5.02 Å². The molecule has 1 fully saturated rings. The molecule has 1 aromatic heterocycles. The summed E-state index contributed by atoms with van der Waals surface area (Å²) >= 11 is 6.25. The third kappa shape index (κ3) is 3.74. The van der Waals surface area contributed by atoms with Crippen molar-refractivity contribution in [1.29, 1.82) is 0 Å². The van der Waals surface area contributed by atoms with Crippen LogP contribution in [-0.2, 0) is 11.3 Å². The Morgan fingerprint density at radius 2 is 2.00 bits per heavy atom. The fourth-order valence-corrected chi connectivity index (χ4v) is 2.84. The highest BCUT2D eigenvalue weighted by molar-refractivity contribution is 6.31. The number of morpholine rings is 1. The van der Waals surface area contributed by atoms with Gasteiger partial charge in [-0.1, -0.05) is 29.8 Å². The lowest BCUT2D eigenvalue weighted by Crippen LogP contribution is -2.32. The van der Waals surface area contributed by atoms with E-state index in [4.69, 9.17) is 16.3 Å². The summed E-state index contributed by atoms with van der Waals surface area (Å²) in [4.78, 5) is 0. The van der Waals surface area contributed by atoms with E-state index < -0.39 is 0 Å². The van der Waals surface area contributed by atoms with Crippen molar-refractivity contribution in [2.45, 2.75) is 20.4 Å². The average Bonchev–Trinajstić information content (AvgIpc) is 2.82. The van der Waals surface area contributed by atoms with Gasteiger partial charge in [-0.3, -0.25) is 9.69 Å². The highest BCUT2D eigenvalue weighted by Crippen LogP contribution is 2.18. The minimum absolute atomic E-state index is 0.664. The number of hydrazone groups is 1. The number of nitrogens with zero attached hydrogens (tertiary/aromatic N) is 4. The van der Waals surface area contributed by atoms with Crippen LogP contribution in [0.25, 0.3) is 0 Å². The Hall–Kier alpha value is -1.85. The fraction of sp³-hybridized carbons (Fsp3) is 0.412. The predicted molar refractivity (Wildman–Crippen MR) is 92.2 cm³/mol. The summed E-state index contributed by atoms with van der Waals surface area (Å²) in [6, 6.07) is 7.87. The maximum absolute atomic E-state index is 6.25. The lowest BCUT2D eigenvalue weighted by molar-refractivity contribution is 0.0397. The quantitative estimate of drug-likeness (QED) is 0.809.